The topological polar surface area (TPSA) is 76.0 Å². The summed E-state index contributed by atoms with van der Waals surface area (Å²) in [4.78, 5) is 25.4. The number of rotatable bonds is 10. The molecule has 2 amide bonds. The van der Waals surface area contributed by atoms with Crippen LogP contribution in [0, 0.1) is 0 Å². The highest BCUT2D eigenvalue weighted by Crippen LogP contribution is 2.21. The number of nitrogens with zero attached hydrogens (tertiary/aromatic N) is 2. The molecule has 0 aliphatic heterocycles. The fraction of sp³-hybridized carbons (Fsp3) is 0.261. The number of carbonyl (C=O) groups excluding carboxylic acids is 2. The second-order valence-electron chi connectivity index (χ2n) is 7.10. The predicted octanol–water partition coefficient (Wildman–Crippen LogP) is 4.39. The van der Waals surface area contributed by atoms with Crippen molar-refractivity contribution in [1.29, 1.82) is 0 Å². The second kappa shape index (κ2) is 11.9. The lowest BCUT2D eigenvalue weighted by atomic mass is 10.1. The summed E-state index contributed by atoms with van der Waals surface area (Å²) in [5.41, 5.74) is 2.27. The van der Waals surface area contributed by atoms with Crippen LogP contribution in [0.15, 0.2) is 60.9 Å². The first-order valence-corrected chi connectivity index (χ1v) is 12.2. The number of aromatic nitrogens is 2. The van der Waals surface area contributed by atoms with Crippen molar-refractivity contribution in [3.63, 3.8) is 0 Å². The summed E-state index contributed by atoms with van der Waals surface area (Å²) in [6, 6.07) is 13.8. The van der Waals surface area contributed by atoms with Gasteiger partial charge in [0.2, 0.25) is 5.91 Å². The van der Waals surface area contributed by atoms with Gasteiger partial charge in [0.25, 0.3) is 5.91 Å². The third kappa shape index (κ3) is 6.76. The van der Waals surface area contributed by atoms with E-state index in [1.807, 2.05) is 42.8 Å². The Labute approximate surface area is 201 Å². The second-order valence-corrected chi connectivity index (χ2v) is 8.93. The first-order valence-electron chi connectivity index (χ1n) is 10.1. The largest absolute Gasteiger partial charge is 0.354 e. The lowest BCUT2D eigenvalue weighted by molar-refractivity contribution is -0.122. The van der Waals surface area contributed by atoms with E-state index >= 15 is 0 Å². The lowest BCUT2D eigenvalue weighted by Crippen LogP contribution is -2.47. The summed E-state index contributed by atoms with van der Waals surface area (Å²) in [5.74, 6) is 0.0984. The SMILES string of the molecule is CSCCC(NC(=O)c1ccc(Cl)cc1Cl)C(=O)NCCc1cnn(-c2ccccc2)c1. The molecule has 0 radical (unpaired) electrons. The van der Waals surface area contributed by atoms with E-state index in [4.69, 9.17) is 23.2 Å². The van der Waals surface area contributed by atoms with Crippen LogP contribution in [0.2, 0.25) is 10.0 Å². The summed E-state index contributed by atoms with van der Waals surface area (Å²) in [6.45, 7) is 0.437. The van der Waals surface area contributed by atoms with Crippen LogP contribution in [0.4, 0.5) is 0 Å². The molecule has 1 heterocycles. The minimum atomic E-state index is -0.659. The molecule has 0 saturated carbocycles. The van der Waals surface area contributed by atoms with Crippen molar-refractivity contribution in [2.75, 3.05) is 18.6 Å². The number of amides is 2. The summed E-state index contributed by atoms with van der Waals surface area (Å²) >= 11 is 13.6. The van der Waals surface area contributed by atoms with Gasteiger partial charge in [0.1, 0.15) is 6.04 Å². The molecule has 3 aromatic rings. The van der Waals surface area contributed by atoms with Crippen molar-refractivity contribution in [2.24, 2.45) is 0 Å². The van der Waals surface area contributed by atoms with Crippen molar-refractivity contribution >= 4 is 46.8 Å². The highest BCUT2D eigenvalue weighted by molar-refractivity contribution is 7.98. The zero-order valence-corrected chi connectivity index (χ0v) is 19.9. The van der Waals surface area contributed by atoms with Crippen molar-refractivity contribution in [3.8, 4) is 5.69 Å². The number of nitrogens with one attached hydrogen (secondary N) is 2. The van der Waals surface area contributed by atoms with Gasteiger partial charge >= 0.3 is 0 Å². The minimum Gasteiger partial charge on any atom is -0.354 e. The van der Waals surface area contributed by atoms with Crippen LogP contribution in [0.25, 0.3) is 5.69 Å². The number of thioether (sulfide) groups is 1. The van der Waals surface area contributed by atoms with Gasteiger partial charge in [0.15, 0.2) is 0 Å². The zero-order chi connectivity index (χ0) is 22.9. The molecule has 6 nitrogen and oxygen atoms in total. The Morgan fingerprint density at radius 2 is 1.94 bits per heavy atom. The normalized spacial score (nSPS) is 11.7. The van der Waals surface area contributed by atoms with Gasteiger partial charge in [-0.1, -0.05) is 41.4 Å². The first kappa shape index (κ1) is 24.2. The zero-order valence-electron chi connectivity index (χ0n) is 17.6. The molecule has 168 valence electrons. The molecule has 2 N–H and O–H groups in total. The lowest BCUT2D eigenvalue weighted by Gasteiger charge is -2.18. The van der Waals surface area contributed by atoms with Crippen LogP contribution in [-0.2, 0) is 11.2 Å². The maximum atomic E-state index is 12.8. The Morgan fingerprint density at radius 1 is 1.16 bits per heavy atom. The molecular formula is C23H24Cl2N4O2S. The molecule has 1 atom stereocenters. The summed E-state index contributed by atoms with van der Waals surface area (Å²) in [7, 11) is 0. The van der Waals surface area contributed by atoms with Gasteiger partial charge in [0, 0.05) is 17.8 Å². The quantitative estimate of drug-likeness (QED) is 0.441. The Hall–Kier alpha value is -2.48. The summed E-state index contributed by atoms with van der Waals surface area (Å²) < 4.78 is 1.80. The van der Waals surface area contributed by atoms with Crippen LogP contribution >= 0.6 is 35.0 Å². The van der Waals surface area contributed by atoms with Crippen molar-refractivity contribution < 1.29 is 9.59 Å². The van der Waals surface area contributed by atoms with E-state index in [1.54, 1.807) is 34.8 Å². The number of halogens is 2. The fourth-order valence-corrected chi connectivity index (χ4v) is 4.04. The molecule has 0 fully saturated rings. The van der Waals surface area contributed by atoms with E-state index < -0.39 is 11.9 Å². The smallest absolute Gasteiger partial charge is 0.253 e. The van der Waals surface area contributed by atoms with Crippen molar-refractivity contribution in [3.05, 3.63) is 82.1 Å². The Bertz CT molecular complexity index is 1060. The molecule has 3 rings (SSSR count). The van der Waals surface area contributed by atoms with Crippen LogP contribution < -0.4 is 10.6 Å². The first-order chi connectivity index (χ1) is 15.5. The highest BCUT2D eigenvalue weighted by atomic mass is 35.5. The number of benzene rings is 2. The van der Waals surface area contributed by atoms with Crippen molar-refractivity contribution in [2.45, 2.75) is 18.9 Å². The van der Waals surface area contributed by atoms with E-state index in [2.05, 4.69) is 15.7 Å². The number of hydrogen-bond acceptors (Lipinski definition) is 4. The summed E-state index contributed by atoms with van der Waals surface area (Å²) in [5, 5.41) is 10.8. The summed E-state index contributed by atoms with van der Waals surface area (Å²) in [6.07, 6.45) is 6.82. The van der Waals surface area contributed by atoms with Crippen LogP contribution in [0.1, 0.15) is 22.3 Å². The molecule has 1 aromatic heterocycles. The van der Waals surface area contributed by atoms with E-state index in [9.17, 15) is 9.59 Å². The molecule has 0 aliphatic carbocycles. The maximum absolute atomic E-state index is 12.8. The molecule has 32 heavy (non-hydrogen) atoms. The van der Waals surface area contributed by atoms with E-state index in [1.165, 1.54) is 6.07 Å². The monoisotopic (exact) mass is 490 g/mol. The van der Waals surface area contributed by atoms with Gasteiger partial charge in [-0.3, -0.25) is 9.59 Å². The average Bonchev–Trinajstić information content (AvgIpc) is 3.26. The van der Waals surface area contributed by atoms with E-state index in [0.717, 1.165) is 17.0 Å². The molecule has 1 unspecified atom stereocenters. The van der Waals surface area contributed by atoms with Gasteiger partial charge in [-0.25, -0.2) is 4.68 Å². The van der Waals surface area contributed by atoms with Gasteiger partial charge in [0.05, 0.1) is 22.5 Å². The molecule has 0 bridgehead atoms. The molecule has 2 aromatic carbocycles. The third-order valence-electron chi connectivity index (χ3n) is 4.78. The maximum Gasteiger partial charge on any atom is 0.253 e. The molecule has 0 spiro atoms. The fourth-order valence-electron chi connectivity index (χ4n) is 3.08. The van der Waals surface area contributed by atoms with Gasteiger partial charge < -0.3 is 10.6 Å². The van der Waals surface area contributed by atoms with Gasteiger partial charge in [-0.2, -0.15) is 16.9 Å². The molecule has 9 heteroatoms. The van der Waals surface area contributed by atoms with Crippen LogP contribution in [0.3, 0.4) is 0 Å². The Balaban J connectivity index is 1.56. The van der Waals surface area contributed by atoms with Crippen LogP contribution in [0.5, 0.6) is 0 Å². The van der Waals surface area contributed by atoms with Crippen molar-refractivity contribution in [1.82, 2.24) is 20.4 Å². The Kier molecular flexibility index (Phi) is 9.02. The average molecular weight is 491 g/mol. The highest BCUT2D eigenvalue weighted by Gasteiger charge is 2.22. The van der Waals surface area contributed by atoms with E-state index in [-0.39, 0.29) is 16.5 Å². The minimum absolute atomic E-state index is 0.229. The van der Waals surface area contributed by atoms with Crippen LogP contribution in [-0.4, -0.2) is 46.2 Å². The molecule has 0 saturated heterocycles. The predicted molar refractivity (Wildman–Crippen MR) is 131 cm³/mol. The molecule has 0 aliphatic rings. The number of carbonyl (C=O) groups is 2. The number of para-hydroxylation sites is 1. The van der Waals surface area contributed by atoms with Gasteiger partial charge in [-0.05, 0) is 60.7 Å². The number of hydrogen-bond donors (Lipinski definition) is 2. The molecular weight excluding hydrogens is 467 g/mol. The third-order valence-corrected chi connectivity index (χ3v) is 5.97. The Morgan fingerprint density at radius 3 is 2.66 bits per heavy atom. The standard InChI is InChI=1S/C23H24Cl2N4O2S/c1-32-12-10-21(28-22(30)19-8-7-17(24)13-20(19)25)23(31)26-11-9-16-14-27-29(15-16)18-5-3-2-4-6-18/h2-8,13-15,21H,9-12H2,1H3,(H,26,31)(H,28,30). The van der Waals surface area contributed by atoms with Gasteiger partial charge in [-0.15, -0.1) is 0 Å². The van der Waals surface area contributed by atoms with E-state index in [0.29, 0.717) is 24.4 Å².